The summed E-state index contributed by atoms with van der Waals surface area (Å²) in [5.74, 6) is 0.666. The first-order chi connectivity index (χ1) is 15.1. The molecule has 3 aromatic rings. The lowest BCUT2D eigenvalue weighted by atomic mass is 10.00. The van der Waals surface area contributed by atoms with Gasteiger partial charge in [-0.3, -0.25) is 14.6 Å². The zero-order valence-corrected chi connectivity index (χ0v) is 17.4. The number of aryl methyl sites for hydroxylation is 1. The van der Waals surface area contributed by atoms with Crippen molar-refractivity contribution in [3.05, 3.63) is 77.6 Å². The van der Waals surface area contributed by atoms with Gasteiger partial charge in [0.2, 0.25) is 0 Å². The summed E-state index contributed by atoms with van der Waals surface area (Å²) >= 11 is 0. The number of aromatic nitrogens is 1. The normalized spacial score (nSPS) is 12.6. The van der Waals surface area contributed by atoms with Crippen LogP contribution in [0.2, 0.25) is 0 Å². The number of ether oxygens (including phenoxy) is 2. The summed E-state index contributed by atoms with van der Waals surface area (Å²) in [5.41, 5.74) is 3.44. The Kier molecular flexibility index (Phi) is 5.84. The van der Waals surface area contributed by atoms with E-state index in [1.807, 2.05) is 18.2 Å². The fraction of sp³-hybridized carbons (Fsp3) is 0.208. The molecule has 0 fully saturated rings. The standard InChI is InChI=1S/C24H23N3O4/c1-30-20-11-18(12-21(14-20)31-2)23(28)26-19-8-7-16-6-4-10-27(22(16)13-19)24(29)17-5-3-9-25-15-17/h3,5,7-9,11-15H,4,6,10H2,1-2H3,(H,26,28). The molecule has 0 saturated heterocycles. The van der Waals surface area contributed by atoms with Gasteiger partial charge >= 0.3 is 0 Å². The summed E-state index contributed by atoms with van der Waals surface area (Å²) in [7, 11) is 3.07. The van der Waals surface area contributed by atoms with E-state index in [0.29, 0.717) is 34.9 Å². The minimum absolute atomic E-state index is 0.102. The molecule has 0 aliphatic carbocycles. The number of methoxy groups -OCH3 is 2. The number of pyridine rings is 1. The van der Waals surface area contributed by atoms with Gasteiger partial charge in [0.1, 0.15) is 11.5 Å². The molecule has 7 heteroatoms. The van der Waals surface area contributed by atoms with E-state index >= 15 is 0 Å². The molecule has 4 rings (SSSR count). The van der Waals surface area contributed by atoms with E-state index < -0.39 is 0 Å². The van der Waals surface area contributed by atoms with Crippen LogP contribution in [-0.2, 0) is 6.42 Å². The summed E-state index contributed by atoms with van der Waals surface area (Å²) in [5, 5.41) is 2.91. The van der Waals surface area contributed by atoms with Crippen molar-refractivity contribution in [1.29, 1.82) is 0 Å². The molecule has 2 heterocycles. The molecular weight excluding hydrogens is 394 g/mol. The minimum atomic E-state index is -0.293. The van der Waals surface area contributed by atoms with Crippen LogP contribution in [0.5, 0.6) is 11.5 Å². The predicted molar refractivity (Wildman–Crippen MR) is 118 cm³/mol. The first kappa shape index (κ1) is 20.4. The zero-order chi connectivity index (χ0) is 21.8. The van der Waals surface area contributed by atoms with Gasteiger partial charge in [-0.1, -0.05) is 6.07 Å². The van der Waals surface area contributed by atoms with Crippen molar-refractivity contribution in [1.82, 2.24) is 4.98 Å². The van der Waals surface area contributed by atoms with E-state index in [9.17, 15) is 9.59 Å². The summed E-state index contributed by atoms with van der Waals surface area (Å²) in [6.45, 7) is 0.616. The van der Waals surface area contributed by atoms with Crippen molar-refractivity contribution >= 4 is 23.2 Å². The molecule has 1 aliphatic rings. The lowest BCUT2D eigenvalue weighted by Gasteiger charge is -2.30. The summed E-state index contributed by atoms with van der Waals surface area (Å²) in [6, 6.07) is 14.2. The number of rotatable bonds is 5. The van der Waals surface area contributed by atoms with E-state index in [1.165, 1.54) is 14.2 Å². The second kappa shape index (κ2) is 8.87. The molecule has 0 atom stereocenters. The fourth-order valence-electron chi connectivity index (χ4n) is 3.65. The smallest absolute Gasteiger partial charge is 0.259 e. The van der Waals surface area contributed by atoms with Crippen LogP contribution < -0.4 is 19.7 Å². The maximum absolute atomic E-state index is 13.0. The molecule has 0 spiro atoms. The molecule has 0 saturated carbocycles. The maximum atomic E-state index is 13.0. The van der Waals surface area contributed by atoms with E-state index in [0.717, 1.165) is 24.1 Å². The van der Waals surface area contributed by atoms with Gasteiger partial charge in [-0.05, 0) is 54.8 Å². The first-order valence-electron chi connectivity index (χ1n) is 9.98. The monoisotopic (exact) mass is 417 g/mol. The Bertz CT molecular complexity index is 1090. The Morgan fingerprint density at radius 3 is 2.45 bits per heavy atom. The summed E-state index contributed by atoms with van der Waals surface area (Å²) in [4.78, 5) is 31.7. The van der Waals surface area contributed by atoms with Gasteiger partial charge in [0.15, 0.2) is 0 Å². The maximum Gasteiger partial charge on any atom is 0.259 e. The molecule has 0 radical (unpaired) electrons. The van der Waals surface area contributed by atoms with Crippen LogP contribution in [0.15, 0.2) is 60.9 Å². The van der Waals surface area contributed by atoms with Crippen molar-refractivity contribution < 1.29 is 19.1 Å². The second-order valence-electron chi connectivity index (χ2n) is 7.20. The van der Waals surface area contributed by atoms with Gasteiger partial charge in [0.25, 0.3) is 11.8 Å². The molecule has 1 aromatic heterocycles. The third-order valence-corrected chi connectivity index (χ3v) is 5.23. The highest BCUT2D eigenvalue weighted by molar-refractivity contribution is 6.08. The number of nitrogens with one attached hydrogen (secondary N) is 1. The minimum Gasteiger partial charge on any atom is -0.497 e. The molecule has 7 nitrogen and oxygen atoms in total. The Balaban J connectivity index is 1.60. The molecule has 1 aliphatic heterocycles. The topological polar surface area (TPSA) is 80.8 Å². The number of carbonyl (C=O) groups excluding carboxylic acids is 2. The molecule has 0 unspecified atom stereocenters. The molecular formula is C24H23N3O4. The Labute approximate surface area is 180 Å². The van der Waals surface area contributed by atoms with Gasteiger partial charge in [-0.15, -0.1) is 0 Å². The largest absolute Gasteiger partial charge is 0.497 e. The quantitative estimate of drug-likeness (QED) is 0.680. The average molecular weight is 417 g/mol. The van der Waals surface area contributed by atoms with E-state index in [1.54, 1.807) is 47.6 Å². The van der Waals surface area contributed by atoms with Crippen LogP contribution in [0, 0.1) is 0 Å². The number of amides is 2. The highest BCUT2D eigenvalue weighted by atomic mass is 16.5. The number of fused-ring (bicyclic) bond motifs is 1. The number of benzene rings is 2. The Morgan fingerprint density at radius 1 is 1.00 bits per heavy atom. The average Bonchev–Trinajstić information content (AvgIpc) is 2.83. The third kappa shape index (κ3) is 4.35. The third-order valence-electron chi connectivity index (χ3n) is 5.23. The van der Waals surface area contributed by atoms with Crippen molar-refractivity contribution in [3.8, 4) is 11.5 Å². The van der Waals surface area contributed by atoms with Crippen LogP contribution in [0.4, 0.5) is 11.4 Å². The van der Waals surface area contributed by atoms with Gasteiger partial charge in [0.05, 0.1) is 19.8 Å². The molecule has 0 bridgehead atoms. The summed E-state index contributed by atoms with van der Waals surface area (Å²) in [6.07, 6.45) is 4.97. The van der Waals surface area contributed by atoms with Crippen molar-refractivity contribution in [3.63, 3.8) is 0 Å². The van der Waals surface area contributed by atoms with Crippen LogP contribution >= 0.6 is 0 Å². The zero-order valence-electron chi connectivity index (χ0n) is 17.4. The lowest BCUT2D eigenvalue weighted by Crippen LogP contribution is -2.35. The molecule has 1 N–H and O–H groups in total. The van der Waals surface area contributed by atoms with Gasteiger partial charge in [0, 0.05) is 41.9 Å². The van der Waals surface area contributed by atoms with Gasteiger partial charge < -0.3 is 19.7 Å². The number of nitrogens with zero attached hydrogens (tertiary/aromatic N) is 2. The van der Waals surface area contributed by atoms with Crippen LogP contribution in [-0.4, -0.2) is 37.6 Å². The van der Waals surface area contributed by atoms with Crippen LogP contribution in [0.1, 0.15) is 32.7 Å². The SMILES string of the molecule is COc1cc(OC)cc(C(=O)Nc2ccc3c(c2)N(C(=O)c2cccnc2)CCC3)c1. The molecule has 31 heavy (non-hydrogen) atoms. The van der Waals surface area contributed by atoms with Crippen LogP contribution in [0.25, 0.3) is 0 Å². The number of anilines is 2. The molecule has 2 amide bonds. The predicted octanol–water partition coefficient (Wildman–Crippen LogP) is 3.94. The van der Waals surface area contributed by atoms with E-state index in [-0.39, 0.29) is 11.8 Å². The van der Waals surface area contributed by atoms with Gasteiger partial charge in [-0.2, -0.15) is 0 Å². The fourth-order valence-corrected chi connectivity index (χ4v) is 3.65. The van der Waals surface area contributed by atoms with Crippen molar-refractivity contribution in [2.45, 2.75) is 12.8 Å². The Morgan fingerprint density at radius 2 is 1.77 bits per heavy atom. The van der Waals surface area contributed by atoms with E-state index in [2.05, 4.69) is 10.3 Å². The Hall–Kier alpha value is -3.87. The van der Waals surface area contributed by atoms with Gasteiger partial charge in [-0.25, -0.2) is 0 Å². The highest BCUT2D eigenvalue weighted by Crippen LogP contribution is 2.32. The second-order valence-corrected chi connectivity index (χ2v) is 7.20. The number of hydrogen-bond acceptors (Lipinski definition) is 5. The number of carbonyl (C=O) groups is 2. The van der Waals surface area contributed by atoms with Crippen molar-refractivity contribution in [2.24, 2.45) is 0 Å². The number of hydrogen-bond donors (Lipinski definition) is 1. The van der Waals surface area contributed by atoms with Crippen molar-refractivity contribution in [2.75, 3.05) is 31.0 Å². The first-order valence-corrected chi connectivity index (χ1v) is 9.98. The molecule has 158 valence electrons. The molecule has 2 aromatic carbocycles. The summed E-state index contributed by atoms with van der Waals surface area (Å²) < 4.78 is 10.5. The van der Waals surface area contributed by atoms with E-state index in [4.69, 9.17) is 9.47 Å². The highest BCUT2D eigenvalue weighted by Gasteiger charge is 2.24. The van der Waals surface area contributed by atoms with Crippen LogP contribution in [0.3, 0.4) is 0 Å². The lowest BCUT2D eigenvalue weighted by molar-refractivity contribution is 0.0983.